The molecule has 19 heavy (non-hydrogen) atoms. The van der Waals surface area contributed by atoms with Crippen molar-refractivity contribution < 1.29 is 9.90 Å². The number of carboxylic acid groups (broad SMARTS) is 1. The van der Waals surface area contributed by atoms with E-state index in [1.54, 1.807) is 12.1 Å². The van der Waals surface area contributed by atoms with E-state index in [9.17, 15) is 9.90 Å². The third-order valence-corrected chi connectivity index (χ3v) is 4.98. The SMILES string of the molecule is Cc1nc2cccc(C(=O)O)c2n1CC1CCCS1. The fourth-order valence-electron chi connectivity index (χ4n) is 2.69. The minimum absolute atomic E-state index is 0.348. The fraction of sp³-hybridized carbons (Fsp3) is 0.429. The van der Waals surface area contributed by atoms with Crippen LogP contribution in [0.1, 0.15) is 29.0 Å². The number of para-hydroxylation sites is 1. The maximum atomic E-state index is 11.4. The van der Waals surface area contributed by atoms with Crippen LogP contribution in [0, 0.1) is 6.92 Å². The molecule has 0 amide bonds. The van der Waals surface area contributed by atoms with Crippen LogP contribution >= 0.6 is 11.8 Å². The van der Waals surface area contributed by atoms with Gasteiger partial charge in [-0.1, -0.05) is 6.07 Å². The second kappa shape index (κ2) is 4.89. The molecular weight excluding hydrogens is 260 g/mol. The summed E-state index contributed by atoms with van der Waals surface area (Å²) in [4.78, 5) is 15.9. The Kier molecular flexibility index (Phi) is 3.22. The number of thioether (sulfide) groups is 1. The second-order valence-corrected chi connectivity index (χ2v) is 6.29. The standard InChI is InChI=1S/C14H16N2O2S/c1-9-15-12-6-2-5-11(14(17)18)13(12)16(9)8-10-4-3-7-19-10/h2,5-6,10H,3-4,7-8H2,1H3,(H,17,18). The number of aromatic nitrogens is 2. The van der Waals surface area contributed by atoms with Gasteiger partial charge in [0.05, 0.1) is 16.6 Å². The van der Waals surface area contributed by atoms with Crippen LogP contribution < -0.4 is 0 Å². The van der Waals surface area contributed by atoms with E-state index in [1.165, 1.54) is 18.6 Å². The summed E-state index contributed by atoms with van der Waals surface area (Å²) < 4.78 is 2.07. The molecule has 3 rings (SSSR count). The predicted molar refractivity (Wildman–Crippen MR) is 76.9 cm³/mol. The van der Waals surface area contributed by atoms with Crippen LogP contribution in [0.5, 0.6) is 0 Å². The van der Waals surface area contributed by atoms with E-state index in [2.05, 4.69) is 9.55 Å². The summed E-state index contributed by atoms with van der Waals surface area (Å²) in [6.07, 6.45) is 2.46. The van der Waals surface area contributed by atoms with Crippen LogP contribution in [0.4, 0.5) is 0 Å². The van der Waals surface area contributed by atoms with Gasteiger partial charge in [0, 0.05) is 11.8 Å². The molecule has 2 heterocycles. The van der Waals surface area contributed by atoms with Gasteiger partial charge in [0.25, 0.3) is 0 Å². The van der Waals surface area contributed by atoms with Crippen LogP contribution in [-0.2, 0) is 6.54 Å². The number of hydrogen-bond acceptors (Lipinski definition) is 3. The maximum Gasteiger partial charge on any atom is 0.337 e. The van der Waals surface area contributed by atoms with Gasteiger partial charge in [-0.05, 0) is 37.7 Å². The lowest BCUT2D eigenvalue weighted by Crippen LogP contribution is -2.13. The molecule has 1 aliphatic rings. The van der Waals surface area contributed by atoms with Crippen molar-refractivity contribution in [1.82, 2.24) is 9.55 Å². The Morgan fingerprint density at radius 2 is 2.42 bits per heavy atom. The van der Waals surface area contributed by atoms with Crippen molar-refractivity contribution in [3.63, 3.8) is 0 Å². The molecule has 1 N–H and O–H groups in total. The first kappa shape index (κ1) is 12.5. The van der Waals surface area contributed by atoms with Gasteiger partial charge in [-0.2, -0.15) is 11.8 Å². The predicted octanol–water partition coefficient (Wildman–Crippen LogP) is 2.94. The summed E-state index contributed by atoms with van der Waals surface area (Å²) in [5.41, 5.74) is 1.89. The molecule has 4 nitrogen and oxygen atoms in total. The van der Waals surface area contributed by atoms with Gasteiger partial charge < -0.3 is 9.67 Å². The summed E-state index contributed by atoms with van der Waals surface area (Å²) >= 11 is 1.98. The quantitative estimate of drug-likeness (QED) is 0.936. The van der Waals surface area contributed by atoms with Crippen LogP contribution in [0.25, 0.3) is 11.0 Å². The molecule has 1 fully saturated rings. The Morgan fingerprint density at radius 3 is 3.11 bits per heavy atom. The summed E-state index contributed by atoms with van der Waals surface area (Å²) in [5, 5.41) is 9.91. The molecule has 2 aromatic rings. The third-order valence-electron chi connectivity index (χ3n) is 3.60. The number of hydrogen-bond donors (Lipinski definition) is 1. The zero-order valence-electron chi connectivity index (χ0n) is 10.8. The minimum atomic E-state index is -0.883. The first-order chi connectivity index (χ1) is 9.16. The van der Waals surface area contributed by atoms with Crippen molar-refractivity contribution in [2.75, 3.05) is 5.75 Å². The molecule has 0 radical (unpaired) electrons. The number of nitrogens with zero attached hydrogens (tertiary/aromatic N) is 2. The van der Waals surface area contributed by atoms with E-state index in [1.807, 2.05) is 24.8 Å². The normalized spacial score (nSPS) is 19.1. The lowest BCUT2D eigenvalue weighted by atomic mass is 10.1. The number of imidazole rings is 1. The van der Waals surface area contributed by atoms with Gasteiger partial charge in [0.1, 0.15) is 5.82 Å². The van der Waals surface area contributed by atoms with Gasteiger partial charge in [-0.15, -0.1) is 0 Å². The number of aromatic carboxylic acids is 1. The van der Waals surface area contributed by atoms with Crippen molar-refractivity contribution in [3.8, 4) is 0 Å². The number of carbonyl (C=O) groups is 1. The molecule has 1 saturated heterocycles. The largest absolute Gasteiger partial charge is 0.478 e. The summed E-state index contributed by atoms with van der Waals surface area (Å²) in [6.45, 7) is 2.81. The van der Waals surface area contributed by atoms with Crippen LogP contribution in [0.3, 0.4) is 0 Å². The Hall–Kier alpha value is -1.49. The topological polar surface area (TPSA) is 55.1 Å². The molecule has 0 saturated carbocycles. The van der Waals surface area contributed by atoms with E-state index >= 15 is 0 Å². The Morgan fingerprint density at radius 1 is 1.58 bits per heavy atom. The molecule has 1 aliphatic heterocycles. The molecule has 0 aliphatic carbocycles. The Bertz CT molecular complexity index is 630. The molecular formula is C14H16N2O2S. The number of benzene rings is 1. The first-order valence-corrected chi connectivity index (χ1v) is 7.52. The zero-order chi connectivity index (χ0) is 13.4. The number of aryl methyl sites for hydroxylation is 1. The second-order valence-electron chi connectivity index (χ2n) is 4.88. The highest BCUT2D eigenvalue weighted by molar-refractivity contribution is 8.00. The maximum absolute atomic E-state index is 11.4. The average molecular weight is 276 g/mol. The Balaban J connectivity index is 2.10. The fourth-order valence-corrected chi connectivity index (χ4v) is 3.94. The van der Waals surface area contributed by atoms with Gasteiger partial charge in [0.15, 0.2) is 0 Å². The van der Waals surface area contributed by atoms with E-state index in [0.717, 1.165) is 23.4 Å². The highest BCUT2D eigenvalue weighted by atomic mass is 32.2. The van der Waals surface area contributed by atoms with Crippen molar-refractivity contribution in [2.45, 2.75) is 31.6 Å². The van der Waals surface area contributed by atoms with E-state index < -0.39 is 5.97 Å². The molecule has 1 aromatic carbocycles. The number of carboxylic acids is 1. The van der Waals surface area contributed by atoms with Crippen molar-refractivity contribution in [1.29, 1.82) is 0 Å². The lowest BCUT2D eigenvalue weighted by molar-refractivity contribution is 0.0698. The zero-order valence-corrected chi connectivity index (χ0v) is 11.6. The van der Waals surface area contributed by atoms with Crippen molar-refractivity contribution >= 4 is 28.8 Å². The average Bonchev–Trinajstić information content (AvgIpc) is 2.98. The third kappa shape index (κ3) is 2.23. The number of rotatable bonds is 3. The van der Waals surface area contributed by atoms with E-state index in [4.69, 9.17) is 0 Å². The smallest absolute Gasteiger partial charge is 0.337 e. The molecule has 0 bridgehead atoms. The van der Waals surface area contributed by atoms with Crippen molar-refractivity contribution in [3.05, 3.63) is 29.6 Å². The van der Waals surface area contributed by atoms with Crippen molar-refractivity contribution in [2.24, 2.45) is 0 Å². The van der Waals surface area contributed by atoms with Crippen LogP contribution in [0.2, 0.25) is 0 Å². The van der Waals surface area contributed by atoms with E-state index in [-0.39, 0.29) is 0 Å². The minimum Gasteiger partial charge on any atom is -0.478 e. The lowest BCUT2D eigenvalue weighted by Gasteiger charge is -2.13. The summed E-state index contributed by atoms with van der Waals surface area (Å²) in [6, 6.07) is 5.30. The molecule has 5 heteroatoms. The molecule has 0 spiro atoms. The van der Waals surface area contributed by atoms with Gasteiger partial charge in [-0.3, -0.25) is 0 Å². The molecule has 1 aromatic heterocycles. The molecule has 100 valence electrons. The summed E-state index contributed by atoms with van der Waals surface area (Å²) in [7, 11) is 0. The highest BCUT2D eigenvalue weighted by Gasteiger charge is 2.21. The van der Waals surface area contributed by atoms with Crippen LogP contribution in [-0.4, -0.2) is 31.6 Å². The van der Waals surface area contributed by atoms with Gasteiger partial charge in [-0.25, -0.2) is 9.78 Å². The van der Waals surface area contributed by atoms with Crippen LogP contribution in [0.15, 0.2) is 18.2 Å². The highest BCUT2D eigenvalue weighted by Crippen LogP contribution is 2.30. The monoisotopic (exact) mass is 276 g/mol. The molecule has 1 atom stereocenters. The first-order valence-electron chi connectivity index (χ1n) is 6.47. The Labute approximate surface area is 115 Å². The van der Waals surface area contributed by atoms with Gasteiger partial charge >= 0.3 is 5.97 Å². The van der Waals surface area contributed by atoms with E-state index in [0.29, 0.717) is 10.8 Å². The molecule has 1 unspecified atom stereocenters. The van der Waals surface area contributed by atoms with Gasteiger partial charge in [0.2, 0.25) is 0 Å². The number of fused-ring (bicyclic) bond motifs is 1. The summed E-state index contributed by atoms with van der Waals surface area (Å²) in [5.74, 6) is 1.23.